The van der Waals surface area contributed by atoms with Crippen LogP contribution in [0.2, 0.25) is 0 Å². The largest absolute Gasteiger partial charge is 0.326 e. The van der Waals surface area contributed by atoms with Crippen molar-refractivity contribution in [2.24, 2.45) is 5.92 Å². The maximum absolute atomic E-state index is 13.3. The number of aromatic amines is 2. The molecule has 2 fully saturated rings. The van der Waals surface area contributed by atoms with E-state index in [1.165, 1.54) is 75.6 Å². The van der Waals surface area contributed by atoms with Gasteiger partial charge in [-0.05, 0) is 52.3 Å². The topological polar surface area (TPSA) is 92.2 Å². The molecule has 37 heavy (non-hydrogen) atoms. The number of rotatable bonds is 7. The molecule has 0 atom stereocenters. The first-order chi connectivity index (χ1) is 18.3. The van der Waals surface area contributed by atoms with Crippen molar-refractivity contribution in [1.29, 1.82) is 0 Å². The molecule has 2 aromatic carbocycles. The van der Waals surface area contributed by atoms with Crippen molar-refractivity contribution in [3.63, 3.8) is 0 Å². The molecule has 2 N–H and O–H groups in total. The lowest BCUT2D eigenvalue weighted by Gasteiger charge is -2.26. The van der Waals surface area contributed by atoms with Crippen LogP contribution < -0.4 is 5.69 Å². The summed E-state index contributed by atoms with van der Waals surface area (Å²) in [5.41, 5.74) is 6.85. The minimum absolute atomic E-state index is 0.0543. The Hall–Kier alpha value is -3.48. The predicted octanol–water partition coefficient (Wildman–Crippen LogP) is 6.24. The van der Waals surface area contributed by atoms with E-state index in [-0.39, 0.29) is 5.69 Å². The summed E-state index contributed by atoms with van der Waals surface area (Å²) in [6.07, 6.45) is 13.9. The minimum atomic E-state index is 0.0543. The smallest absolute Gasteiger partial charge is 0.310 e. The summed E-state index contributed by atoms with van der Waals surface area (Å²) in [7, 11) is 0. The van der Waals surface area contributed by atoms with Gasteiger partial charge in [-0.3, -0.25) is 4.57 Å². The number of tetrazole rings is 1. The van der Waals surface area contributed by atoms with Crippen LogP contribution in [0.25, 0.3) is 22.5 Å². The molecule has 0 spiro atoms. The maximum atomic E-state index is 13.3. The number of benzene rings is 2. The number of hydrogen-bond donors (Lipinski definition) is 2. The second kappa shape index (κ2) is 10.9. The van der Waals surface area contributed by atoms with E-state index >= 15 is 0 Å². The van der Waals surface area contributed by atoms with E-state index in [0.717, 1.165) is 28.7 Å². The normalized spacial score (nSPS) is 17.3. The summed E-state index contributed by atoms with van der Waals surface area (Å²) >= 11 is 0. The van der Waals surface area contributed by atoms with E-state index in [4.69, 9.17) is 0 Å². The van der Waals surface area contributed by atoms with Crippen molar-refractivity contribution in [3.05, 3.63) is 76.0 Å². The average molecular weight is 497 g/mol. The Morgan fingerprint density at radius 3 is 2.24 bits per heavy atom. The molecule has 0 aliphatic heterocycles. The predicted molar refractivity (Wildman–Crippen MR) is 145 cm³/mol. The van der Waals surface area contributed by atoms with Gasteiger partial charge in [0.1, 0.15) is 0 Å². The fraction of sp³-hybridized carbons (Fsp3) is 0.467. The molecule has 7 heteroatoms. The van der Waals surface area contributed by atoms with Crippen LogP contribution in [0.1, 0.15) is 87.1 Å². The molecule has 7 nitrogen and oxygen atoms in total. The molecule has 2 heterocycles. The molecule has 0 saturated heterocycles. The Morgan fingerprint density at radius 1 is 0.838 bits per heavy atom. The Balaban J connectivity index is 1.29. The van der Waals surface area contributed by atoms with E-state index in [0.29, 0.717) is 24.2 Å². The minimum Gasteiger partial charge on any atom is -0.310 e. The first-order valence-electron chi connectivity index (χ1n) is 14.0. The van der Waals surface area contributed by atoms with Crippen molar-refractivity contribution in [2.75, 3.05) is 0 Å². The lowest BCUT2D eigenvalue weighted by atomic mass is 9.82. The molecular weight excluding hydrogens is 460 g/mol. The van der Waals surface area contributed by atoms with Crippen LogP contribution >= 0.6 is 0 Å². The maximum Gasteiger partial charge on any atom is 0.326 e. The highest BCUT2D eigenvalue weighted by molar-refractivity contribution is 5.80. The van der Waals surface area contributed by atoms with Crippen LogP contribution in [0.15, 0.2) is 53.3 Å². The van der Waals surface area contributed by atoms with Gasteiger partial charge in [-0.25, -0.2) is 9.89 Å². The fourth-order valence-electron chi connectivity index (χ4n) is 6.56. The highest BCUT2D eigenvalue weighted by atomic mass is 16.1. The number of H-pyrrole nitrogens is 2. The van der Waals surface area contributed by atoms with Crippen molar-refractivity contribution in [3.8, 4) is 22.5 Å². The summed E-state index contributed by atoms with van der Waals surface area (Å²) in [6, 6.07) is 16.7. The molecule has 0 unspecified atom stereocenters. The van der Waals surface area contributed by atoms with Crippen molar-refractivity contribution in [2.45, 2.75) is 83.1 Å². The number of hydrogen-bond acceptors (Lipinski definition) is 4. The van der Waals surface area contributed by atoms with E-state index in [2.05, 4.69) is 60.5 Å². The lowest BCUT2D eigenvalue weighted by Crippen LogP contribution is -2.22. The first-order valence-corrected chi connectivity index (χ1v) is 14.0. The second-order valence-corrected chi connectivity index (χ2v) is 10.9. The van der Waals surface area contributed by atoms with Gasteiger partial charge in [0.15, 0.2) is 5.82 Å². The average Bonchev–Trinajstić information content (AvgIpc) is 3.59. The highest BCUT2D eigenvalue weighted by Gasteiger charge is 2.27. The van der Waals surface area contributed by atoms with Crippen LogP contribution in [-0.4, -0.2) is 30.2 Å². The molecule has 0 bridgehead atoms. The monoisotopic (exact) mass is 496 g/mol. The van der Waals surface area contributed by atoms with Crippen LogP contribution in [-0.2, 0) is 13.0 Å². The summed E-state index contributed by atoms with van der Waals surface area (Å²) in [6.45, 7) is 0.611. The number of nitrogens with zero attached hydrogens (tertiary/aromatic N) is 4. The number of aromatic nitrogens is 6. The third-order valence-electron chi connectivity index (χ3n) is 8.45. The zero-order valence-electron chi connectivity index (χ0n) is 21.5. The van der Waals surface area contributed by atoms with Gasteiger partial charge in [-0.15, -0.1) is 5.10 Å². The van der Waals surface area contributed by atoms with Crippen molar-refractivity contribution >= 4 is 0 Å². The molecule has 2 aliphatic carbocycles. The SMILES string of the molecule is O=c1[nH]c(CC2CCCCC2)c(C2CCCCC2)n1Cc1ccc(-c2ccccc2-c2nnn[nH]2)cc1. The van der Waals surface area contributed by atoms with Gasteiger partial charge in [0.25, 0.3) is 0 Å². The zero-order valence-corrected chi connectivity index (χ0v) is 21.5. The highest BCUT2D eigenvalue weighted by Crippen LogP contribution is 2.36. The van der Waals surface area contributed by atoms with E-state index in [1.54, 1.807) is 0 Å². The molecule has 6 rings (SSSR count). The Labute approximate surface area is 217 Å². The van der Waals surface area contributed by atoms with Gasteiger partial charge in [-0.1, -0.05) is 99.9 Å². The molecule has 192 valence electrons. The Kier molecular flexibility index (Phi) is 7.02. The van der Waals surface area contributed by atoms with Crippen LogP contribution in [0.5, 0.6) is 0 Å². The van der Waals surface area contributed by atoms with Crippen LogP contribution in [0.3, 0.4) is 0 Å². The molecule has 2 aromatic heterocycles. The molecule has 0 radical (unpaired) electrons. The third-order valence-corrected chi connectivity index (χ3v) is 8.45. The van der Waals surface area contributed by atoms with Gasteiger partial charge in [-0.2, -0.15) is 0 Å². The molecule has 0 amide bonds. The first kappa shape index (κ1) is 23.9. The van der Waals surface area contributed by atoms with Gasteiger partial charge in [0.05, 0.1) is 6.54 Å². The van der Waals surface area contributed by atoms with Gasteiger partial charge in [0, 0.05) is 22.9 Å². The molecule has 2 aliphatic rings. The van der Waals surface area contributed by atoms with Crippen molar-refractivity contribution in [1.82, 2.24) is 30.2 Å². The van der Waals surface area contributed by atoms with Crippen LogP contribution in [0.4, 0.5) is 0 Å². The molecule has 4 aromatic rings. The Bertz CT molecular complexity index is 1360. The quantitative estimate of drug-likeness (QED) is 0.317. The third kappa shape index (κ3) is 5.17. The molecule has 2 saturated carbocycles. The summed E-state index contributed by atoms with van der Waals surface area (Å²) in [4.78, 5) is 16.6. The lowest BCUT2D eigenvalue weighted by molar-refractivity contribution is 0.351. The fourth-order valence-corrected chi connectivity index (χ4v) is 6.56. The van der Waals surface area contributed by atoms with Gasteiger partial charge >= 0.3 is 5.69 Å². The van der Waals surface area contributed by atoms with E-state index in [1.807, 2.05) is 18.2 Å². The Morgan fingerprint density at radius 2 is 1.54 bits per heavy atom. The zero-order chi connectivity index (χ0) is 25.0. The second-order valence-electron chi connectivity index (χ2n) is 10.9. The molecular formula is C30H36N6O. The van der Waals surface area contributed by atoms with Gasteiger partial charge < -0.3 is 4.98 Å². The summed E-state index contributed by atoms with van der Waals surface area (Å²) in [5.74, 6) is 1.86. The van der Waals surface area contributed by atoms with E-state index < -0.39 is 0 Å². The van der Waals surface area contributed by atoms with Gasteiger partial charge in [0.2, 0.25) is 0 Å². The van der Waals surface area contributed by atoms with Crippen molar-refractivity contribution < 1.29 is 0 Å². The summed E-state index contributed by atoms with van der Waals surface area (Å²) in [5, 5.41) is 14.4. The number of nitrogens with one attached hydrogen (secondary N) is 2. The summed E-state index contributed by atoms with van der Waals surface area (Å²) < 4.78 is 2.05. The standard InChI is InChI=1S/C30H36N6O/c37-30-31-27(19-21-9-3-1-4-10-21)28(24-11-5-2-6-12-24)36(30)20-22-15-17-23(18-16-22)25-13-7-8-14-26(25)29-32-34-35-33-29/h7-8,13-18,21,24H,1-6,9-12,19-20H2,(H,31,37)(H,32,33,34,35). The number of imidazole rings is 1. The van der Waals surface area contributed by atoms with Crippen LogP contribution in [0, 0.1) is 5.92 Å². The van der Waals surface area contributed by atoms with E-state index in [9.17, 15) is 4.79 Å².